The Morgan fingerprint density at radius 2 is 1.88 bits per heavy atom. The molecule has 1 aliphatic rings. The van der Waals surface area contributed by atoms with Gasteiger partial charge in [0.25, 0.3) is 0 Å². The van der Waals surface area contributed by atoms with Gasteiger partial charge in [-0.2, -0.15) is 0 Å². The first-order valence-electron chi connectivity index (χ1n) is 5.90. The smallest absolute Gasteiger partial charge is 0.237 e. The molecule has 4 nitrogen and oxygen atoms in total. The van der Waals surface area contributed by atoms with Crippen LogP contribution in [0.15, 0.2) is 0 Å². The minimum absolute atomic E-state index is 0.0584. The summed E-state index contributed by atoms with van der Waals surface area (Å²) in [6, 6.07) is -0.466. The van der Waals surface area contributed by atoms with Crippen LogP contribution in [0.5, 0.6) is 0 Å². The molecule has 1 aliphatic heterocycles. The first-order valence-corrected chi connectivity index (χ1v) is 5.90. The molecule has 1 unspecified atom stereocenters. The van der Waals surface area contributed by atoms with Gasteiger partial charge in [-0.25, -0.2) is 0 Å². The highest BCUT2D eigenvalue weighted by Crippen LogP contribution is 2.22. The first-order chi connectivity index (χ1) is 7.25. The topological polar surface area (TPSA) is 64.4 Å². The summed E-state index contributed by atoms with van der Waals surface area (Å²) in [6.07, 6.45) is 1.71. The Morgan fingerprint density at radius 1 is 1.38 bits per heavy atom. The van der Waals surface area contributed by atoms with Crippen LogP contribution in [0, 0.1) is 5.41 Å². The Balaban J connectivity index is 2.56. The minimum Gasteiger partial charge on any atom is -0.381 e. The van der Waals surface area contributed by atoms with Gasteiger partial charge in [0.2, 0.25) is 5.91 Å². The van der Waals surface area contributed by atoms with Crippen molar-refractivity contribution in [2.45, 2.75) is 52.1 Å². The molecule has 1 fully saturated rings. The molecule has 1 saturated heterocycles. The Bertz CT molecular complexity index is 252. The summed E-state index contributed by atoms with van der Waals surface area (Å²) >= 11 is 0. The van der Waals surface area contributed by atoms with Gasteiger partial charge in [0, 0.05) is 18.8 Å². The van der Waals surface area contributed by atoms with Crippen LogP contribution in [-0.2, 0) is 9.53 Å². The number of ether oxygens (including phenoxy) is 1. The number of nitrogens with one attached hydrogen (secondary N) is 1. The summed E-state index contributed by atoms with van der Waals surface area (Å²) < 4.78 is 5.29. The molecule has 0 aliphatic carbocycles. The number of carbonyl (C=O) groups is 1. The van der Waals surface area contributed by atoms with E-state index < -0.39 is 6.04 Å². The lowest BCUT2D eigenvalue weighted by molar-refractivity contribution is -0.127. The second-order valence-corrected chi connectivity index (χ2v) is 6.01. The maximum atomic E-state index is 12.0. The van der Waals surface area contributed by atoms with Crippen molar-refractivity contribution in [2.75, 3.05) is 13.2 Å². The molecule has 94 valence electrons. The number of amides is 1. The molecule has 1 amide bonds. The number of rotatable bonds is 2. The third-order valence-corrected chi connectivity index (χ3v) is 3.24. The summed E-state index contributed by atoms with van der Waals surface area (Å²) in [6.45, 7) is 9.41. The Kier molecular flexibility index (Phi) is 3.97. The monoisotopic (exact) mass is 228 g/mol. The van der Waals surface area contributed by atoms with Gasteiger partial charge < -0.3 is 15.8 Å². The maximum Gasteiger partial charge on any atom is 0.237 e. The zero-order valence-corrected chi connectivity index (χ0v) is 10.8. The summed E-state index contributed by atoms with van der Waals surface area (Å²) in [7, 11) is 0. The molecule has 0 aromatic carbocycles. The largest absolute Gasteiger partial charge is 0.381 e. The highest BCUT2D eigenvalue weighted by Gasteiger charge is 2.34. The first kappa shape index (κ1) is 13.5. The summed E-state index contributed by atoms with van der Waals surface area (Å²) in [4.78, 5) is 12.0. The van der Waals surface area contributed by atoms with Crippen LogP contribution in [0.25, 0.3) is 0 Å². The van der Waals surface area contributed by atoms with Crippen LogP contribution in [0.4, 0.5) is 0 Å². The molecule has 1 atom stereocenters. The van der Waals surface area contributed by atoms with Crippen LogP contribution in [0.3, 0.4) is 0 Å². The predicted octanol–water partition coefficient (Wildman–Crippen LogP) is 1.05. The molecule has 1 heterocycles. The van der Waals surface area contributed by atoms with Crippen LogP contribution in [0.1, 0.15) is 40.5 Å². The molecule has 0 aromatic heterocycles. The molecule has 0 aromatic rings. The molecule has 1 rings (SSSR count). The van der Waals surface area contributed by atoms with Crippen molar-refractivity contribution in [3.8, 4) is 0 Å². The van der Waals surface area contributed by atoms with Gasteiger partial charge in [-0.3, -0.25) is 4.79 Å². The maximum absolute atomic E-state index is 12.0. The predicted molar refractivity (Wildman–Crippen MR) is 64.0 cm³/mol. The third-order valence-electron chi connectivity index (χ3n) is 3.24. The van der Waals surface area contributed by atoms with Crippen molar-refractivity contribution in [3.63, 3.8) is 0 Å². The molecule has 3 N–H and O–H groups in total. The molecule has 16 heavy (non-hydrogen) atoms. The second kappa shape index (κ2) is 4.72. The molecule has 0 saturated carbocycles. The normalized spacial score (nSPS) is 22.6. The summed E-state index contributed by atoms with van der Waals surface area (Å²) in [5, 5.41) is 3.06. The molecule has 0 bridgehead atoms. The van der Waals surface area contributed by atoms with E-state index in [4.69, 9.17) is 10.5 Å². The van der Waals surface area contributed by atoms with E-state index in [1.165, 1.54) is 0 Å². The number of carbonyl (C=O) groups excluding carboxylic acids is 1. The van der Waals surface area contributed by atoms with Gasteiger partial charge in [0.15, 0.2) is 0 Å². The van der Waals surface area contributed by atoms with Crippen molar-refractivity contribution in [2.24, 2.45) is 11.1 Å². The lowest BCUT2D eigenvalue weighted by Crippen LogP contribution is -2.57. The fourth-order valence-electron chi connectivity index (χ4n) is 1.72. The molecular weight excluding hydrogens is 204 g/mol. The summed E-state index contributed by atoms with van der Waals surface area (Å²) in [5.74, 6) is -0.0584. The van der Waals surface area contributed by atoms with Crippen molar-refractivity contribution >= 4 is 5.91 Å². The van der Waals surface area contributed by atoms with Crippen molar-refractivity contribution in [3.05, 3.63) is 0 Å². The van der Waals surface area contributed by atoms with Gasteiger partial charge in [0.05, 0.1) is 6.04 Å². The van der Waals surface area contributed by atoms with Crippen molar-refractivity contribution in [1.29, 1.82) is 0 Å². The summed E-state index contributed by atoms with van der Waals surface area (Å²) in [5.41, 5.74) is 5.57. The zero-order chi connectivity index (χ0) is 12.4. The van der Waals surface area contributed by atoms with Gasteiger partial charge in [-0.1, -0.05) is 20.8 Å². The van der Waals surface area contributed by atoms with Crippen LogP contribution < -0.4 is 11.1 Å². The number of hydrogen-bond donors (Lipinski definition) is 2. The lowest BCUT2D eigenvalue weighted by Gasteiger charge is -2.37. The minimum atomic E-state index is -0.466. The van der Waals surface area contributed by atoms with Gasteiger partial charge in [-0.05, 0) is 25.2 Å². The molecular formula is C12H24N2O2. The van der Waals surface area contributed by atoms with E-state index in [1.807, 2.05) is 20.8 Å². The van der Waals surface area contributed by atoms with E-state index in [9.17, 15) is 4.79 Å². The molecule has 4 heteroatoms. The lowest BCUT2D eigenvalue weighted by atomic mass is 9.85. The average molecular weight is 228 g/mol. The fourth-order valence-corrected chi connectivity index (χ4v) is 1.72. The van der Waals surface area contributed by atoms with E-state index in [-0.39, 0.29) is 16.9 Å². The van der Waals surface area contributed by atoms with E-state index >= 15 is 0 Å². The average Bonchev–Trinajstić information content (AvgIpc) is 2.15. The molecule has 0 spiro atoms. The van der Waals surface area contributed by atoms with E-state index in [0.717, 1.165) is 12.8 Å². The Labute approximate surface area is 97.9 Å². The van der Waals surface area contributed by atoms with Gasteiger partial charge in [0.1, 0.15) is 0 Å². The van der Waals surface area contributed by atoms with Gasteiger partial charge in [-0.15, -0.1) is 0 Å². The highest BCUT2D eigenvalue weighted by molar-refractivity contribution is 5.83. The Morgan fingerprint density at radius 3 is 2.31 bits per heavy atom. The van der Waals surface area contributed by atoms with Crippen LogP contribution in [-0.4, -0.2) is 30.7 Å². The third kappa shape index (κ3) is 3.46. The quantitative estimate of drug-likeness (QED) is 0.742. The standard InChI is InChI=1S/C12H24N2O2/c1-11(2,3)9(13)10(15)14-12(4)5-7-16-8-6-12/h9H,5-8,13H2,1-4H3,(H,14,15). The van der Waals surface area contributed by atoms with E-state index in [0.29, 0.717) is 13.2 Å². The molecule has 0 radical (unpaired) electrons. The highest BCUT2D eigenvalue weighted by atomic mass is 16.5. The Hall–Kier alpha value is -0.610. The van der Waals surface area contributed by atoms with Gasteiger partial charge >= 0.3 is 0 Å². The second-order valence-electron chi connectivity index (χ2n) is 6.01. The van der Waals surface area contributed by atoms with Crippen molar-refractivity contribution in [1.82, 2.24) is 5.32 Å². The number of hydrogen-bond acceptors (Lipinski definition) is 3. The van der Waals surface area contributed by atoms with Crippen molar-refractivity contribution < 1.29 is 9.53 Å². The zero-order valence-electron chi connectivity index (χ0n) is 10.8. The van der Waals surface area contributed by atoms with Crippen LogP contribution >= 0.6 is 0 Å². The SMILES string of the molecule is CC1(NC(=O)C(N)C(C)(C)C)CCOCC1. The van der Waals surface area contributed by atoms with E-state index in [2.05, 4.69) is 12.2 Å². The number of nitrogens with two attached hydrogens (primary N) is 1. The van der Waals surface area contributed by atoms with E-state index in [1.54, 1.807) is 0 Å². The van der Waals surface area contributed by atoms with Crippen LogP contribution in [0.2, 0.25) is 0 Å². The fraction of sp³-hybridized carbons (Fsp3) is 0.917.